The lowest BCUT2D eigenvalue weighted by atomic mass is 10.0. The number of nitrogens with two attached hydrogens (primary N) is 2. The molecule has 0 aliphatic heterocycles. The molecule has 8 atom stereocenters. The van der Waals surface area contributed by atoms with Gasteiger partial charge in [-0.2, -0.15) is 0 Å². The highest BCUT2D eigenvalue weighted by atomic mass is 16.4. The Morgan fingerprint density at radius 1 is 0.598 bits per heavy atom. The van der Waals surface area contributed by atoms with Crippen LogP contribution in [0.5, 0.6) is 0 Å². The lowest BCUT2D eigenvalue weighted by molar-refractivity contribution is -0.139. The number of aliphatic carboxylic acids is 1. The third-order valence-corrected chi connectivity index (χ3v) is 13.8. The van der Waals surface area contributed by atoms with Gasteiger partial charge in [0.15, 0.2) is 0 Å². The minimum absolute atomic E-state index is 0.00599. The summed E-state index contributed by atoms with van der Waals surface area (Å²) in [4.78, 5) is 135. The first-order valence-corrected chi connectivity index (χ1v) is 27.4. The maximum absolute atomic E-state index is 14.3. The van der Waals surface area contributed by atoms with Gasteiger partial charge in [0.1, 0.15) is 36.3 Å². The van der Waals surface area contributed by atoms with Gasteiger partial charge in [-0.15, -0.1) is 0 Å². The van der Waals surface area contributed by atoms with Crippen LogP contribution in [0.15, 0.2) is 104 Å². The number of carboxylic acids is 1. The lowest BCUT2D eigenvalue weighted by Gasteiger charge is -2.27. The summed E-state index contributed by atoms with van der Waals surface area (Å²) in [5, 5.41) is 33.5. The molecule has 24 heteroatoms. The number of imidazole rings is 1. The van der Waals surface area contributed by atoms with Gasteiger partial charge in [-0.1, -0.05) is 94.4 Å². The number of primary amides is 1. The third-order valence-electron chi connectivity index (χ3n) is 13.8. The van der Waals surface area contributed by atoms with Gasteiger partial charge in [-0.05, 0) is 73.3 Å². The molecular formula is C58H76N14O10. The van der Waals surface area contributed by atoms with Gasteiger partial charge in [0.05, 0.1) is 18.9 Å². The Kier molecular flexibility index (Phi) is 22.8. The van der Waals surface area contributed by atoms with Crippen molar-refractivity contribution in [3.8, 4) is 0 Å². The first-order chi connectivity index (χ1) is 39.1. The number of fused-ring (bicyclic) bond motifs is 2. The Labute approximate surface area is 474 Å². The number of aromatic amines is 3. The molecule has 0 fully saturated rings. The number of nitrogens with zero attached hydrogens (tertiary/aromatic N) is 1. The number of carbonyl (C=O) groups excluding carboxylic acids is 8. The zero-order valence-electron chi connectivity index (χ0n) is 46.7. The summed E-state index contributed by atoms with van der Waals surface area (Å²) in [5.41, 5.74) is 16.2. The zero-order valence-corrected chi connectivity index (χ0v) is 46.7. The van der Waals surface area contributed by atoms with Crippen LogP contribution in [0.4, 0.5) is 0 Å². The van der Waals surface area contributed by atoms with Gasteiger partial charge in [0.2, 0.25) is 47.3 Å². The summed E-state index contributed by atoms with van der Waals surface area (Å²) in [6, 6.07) is 15.0. The molecule has 3 aromatic carbocycles. The summed E-state index contributed by atoms with van der Waals surface area (Å²) in [7, 11) is 0. The van der Waals surface area contributed by atoms with E-state index in [2.05, 4.69) is 62.5 Å². The first kappa shape index (κ1) is 62.3. The zero-order chi connectivity index (χ0) is 59.5. The van der Waals surface area contributed by atoms with Crippen molar-refractivity contribution in [2.24, 2.45) is 23.3 Å². The van der Waals surface area contributed by atoms with E-state index in [9.17, 15) is 48.3 Å². The Bertz CT molecular complexity index is 3140. The highest BCUT2D eigenvalue weighted by Crippen LogP contribution is 2.21. The van der Waals surface area contributed by atoms with Crippen molar-refractivity contribution < 1.29 is 48.3 Å². The summed E-state index contributed by atoms with van der Waals surface area (Å²) in [6.07, 6.45) is 6.55. The molecule has 16 N–H and O–H groups in total. The van der Waals surface area contributed by atoms with E-state index in [0.29, 0.717) is 17.7 Å². The molecule has 8 amide bonds. The maximum atomic E-state index is 14.3. The van der Waals surface area contributed by atoms with Gasteiger partial charge < -0.3 is 74.1 Å². The van der Waals surface area contributed by atoms with Crippen LogP contribution >= 0.6 is 0 Å². The molecule has 0 aliphatic carbocycles. The number of carbonyl (C=O) groups is 9. The Morgan fingerprint density at radius 2 is 1.18 bits per heavy atom. The van der Waals surface area contributed by atoms with E-state index in [1.807, 2.05) is 86.6 Å². The second kappa shape index (κ2) is 30.1. The van der Waals surface area contributed by atoms with E-state index in [1.165, 1.54) is 19.4 Å². The van der Waals surface area contributed by atoms with Gasteiger partial charge in [0.25, 0.3) is 0 Å². The van der Waals surface area contributed by atoms with Crippen molar-refractivity contribution in [2.75, 3.05) is 13.1 Å². The normalized spacial score (nSPS) is 14.3. The molecule has 0 spiro atoms. The fourth-order valence-electron chi connectivity index (χ4n) is 9.45. The molecule has 3 aromatic heterocycles. The Morgan fingerprint density at radius 3 is 1.78 bits per heavy atom. The number of rotatable bonds is 32. The molecule has 0 radical (unpaired) electrons. The SMILES string of the molecule is CC(C)C[C@@H](CN[C@@H](Cc1ccccc1)C(=O)O)NC(=O)[C@H](Cc1cnc[nH]1)NC(=O)CNC(=O)[C@@H](NC(=O)[C@H](C)NC(=O)[C@H](Cc1c[nH]c2ccccc12)NC(=O)[C@H](CCC(N)=O)NC(=O)[C@H](N)Cc1c[nH]c2ccccc12)C(C)C. The molecule has 6 aromatic rings. The first-order valence-electron chi connectivity index (χ1n) is 27.4. The molecule has 0 aliphatic rings. The molecule has 82 heavy (non-hydrogen) atoms. The lowest BCUT2D eigenvalue weighted by Crippen LogP contribution is -2.59. The van der Waals surface area contributed by atoms with Crippen molar-refractivity contribution in [1.29, 1.82) is 0 Å². The fraction of sp³-hybridized carbons (Fsp3) is 0.414. The predicted octanol–water partition coefficient (Wildman–Crippen LogP) is 1.03. The van der Waals surface area contributed by atoms with E-state index in [0.717, 1.165) is 32.9 Å². The highest BCUT2D eigenvalue weighted by Gasteiger charge is 2.33. The van der Waals surface area contributed by atoms with Crippen LogP contribution in [-0.4, -0.2) is 140 Å². The number of aromatic nitrogens is 4. The van der Waals surface area contributed by atoms with Gasteiger partial charge >= 0.3 is 5.97 Å². The summed E-state index contributed by atoms with van der Waals surface area (Å²) < 4.78 is 0. The molecule has 0 bridgehead atoms. The number of benzene rings is 3. The standard InChI is InChI=1S/C58H76N14O10/c1-32(2)21-39(29-64-48(58(81)82)22-35-13-7-6-8-14-35)68-56(79)47(25-38-28-61-31-66-38)69-50(74)30-65-57(80)51(33(3)4)72-52(75)34(5)67-55(78)46(24-37-27-63-44-18-12-10-16-41(37)44)71-54(77)45(19-20-49(60)73)70-53(76)42(59)23-36-26-62-43-17-11-9-15-40(36)43/h6-18,26-28,31-34,39,42,45-48,51,62-64H,19-25,29-30,59H2,1-5H3,(H2,60,73)(H,61,66)(H,65,80)(H,67,78)(H,68,79)(H,69,74)(H,70,76)(H,71,77)(H,72,75)(H,81,82)/t34-,39-,42+,45-,46-,47-,48-,51-/m0/s1. The molecular weight excluding hydrogens is 1050 g/mol. The monoisotopic (exact) mass is 1130 g/mol. The minimum atomic E-state index is -1.36. The summed E-state index contributed by atoms with van der Waals surface area (Å²) in [6.45, 7) is 8.15. The second-order valence-corrected chi connectivity index (χ2v) is 21.3. The van der Waals surface area contributed by atoms with Crippen LogP contribution < -0.4 is 54.0 Å². The number of H-pyrrole nitrogens is 3. The van der Waals surface area contributed by atoms with Gasteiger partial charge in [-0.3, -0.25) is 43.2 Å². The number of amides is 8. The van der Waals surface area contributed by atoms with Gasteiger partial charge in [-0.25, -0.2) is 4.98 Å². The molecule has 24 nitrogen and oxygen atoms in total. The fourth-order valence-corrected chi connectivity index (χ4v) is 9.45. The molecule has 438 valence electrons. The summed E-state index contributed by atoms with van der Waals surface area (Å²) >= 11 is 0. The van der Waals surface area contributed by atoms with E-state index < -0.39 is 114 Å². The van der Waals surface area contributed by atoms with E-state index >= 15 is 0 Å². The Hall–Kier alpha value is -8.90. The number of carboxylic acid groups (broad SMARTS) is 1. The van der Waals surface area contributed by atoms with Crippen LogP contribution in [0.2, 0.25) is 0 Å². The third kappa shape index (κ3) is 18.6. The molecule has 0 unspecified atom stereocenters. The van der Waals surface area contributed by atoms with Crippen molar-refractivity contribution >= 4 is 75.0 Å². The second-order valence-electron chi connectivity index (χ2n) is 21.3. The van der Waals surface area contributed by atoms with Crippen molar-refractivity contribution in [3.05, 3.63) is 126 Å². The highest BCUT2D eigenvalue weighted by molar-refractivity contribution is 5.97. The van der Waals surface area contributed by atoms with Crippen molar-refractivity contribution in [3.63, 3.8) is 0 Å². The van der Waals surface area contributed by atoms with Gasteiger partial charge in [0, 0.05) is 77.9 Å². The average Bonchev–Trinajstić information content (AvgIpc) is 4.27. The average molecular weight is 1130 g/mol. The van der Waals surface area contributed by atoms with E-state index in [4.69, 9.17) is 11.5 Å². The Balaban J connectivity index is 1.08. The smallest absolute Gasteiger partial charge is 0.321 e. The molecule has 3 heterocycles. The van der Waals surface area contributed by atoms with E-state index in [1.54, 1.807) is 32.3 Å². The van der Waals surface area contributed by atoms with Crippen LogP contribution in [-0.2, 0) is 68.8 Å². The topological polar surface area (TPSA) is 382 Å². The molecule has 6 rings (SSSR count). The number of nitrogens with one attached hydrogen (secondary N) is 11. The number of hydrogen-bond acceptors (Lipinski definition) is 12. The number of hydrogen-bond donors (Lipinski definition) is 14. The number of para-hydroxylation sites is 2. The molecule has 0 saturated heterocycles. The van der Waals surface area contributed by atoms with Crippen LogP contribution in [0.25, 0.3) is 21.8 Å². The van der Waals surface area contributed by atoms with Crippen molar-refractivity contribution in [1.82, 2.24) is 62.5 Å². The van der Waals surface area contributed by atoms with E-state index in [-0.39, 0.29) is 51.0 Å². The van der Waals surface area contributed by atoms with Crippen molar-refractivity contribution in [2.45, 2.75) is 128 Å². The predicted molar refractivity (Wildman–Crippen MR) is 307 cm³/mol. The largest absolute Gasteiger partial charge is 0.480 e. The minimum Gasteiger partial charge on any atom is -0.480 e. The van der Waals surface area contributed by atoms with Crippen LogP contribution in [0.3, 0.4) is 0 Å². The van der Waals surface area contributed by atoms with Crippen LogP contribution in [0, 0.1) is 11.8 Å². The summed E-state index contributed by atoms with van der Waals surface area (Å²) in [5.74, 6) is -7.35. The van der Waals surface area contributed by atoms with Crippen LogP contribution in [0.1, 0.15) is 76.3 Å². The quantitative estimate of drug-likeness (QED) is 0.0281. The maximum Gasteiger partial charge on any atom is 0.321 e. The molecule has 0 saturated carbocycles.